The fourth-order valence-electron chi connectivity index (χ4n) is 3.05. The first kappa shape index (κ1) is 26.8. The third-order valence-electron chi connectivity index (χ3n) is 4.40. The molecule has 0 amide bonds. The second-order valence-corrected chi connectivity index (χ2v) is 9.03. The van der Waals surface area contributed by atoms with Crippen LogP contribution in [0.3, 0.4) is 0 Å². The lowest BCUT2D eigenvalue weighted by molar-refractivity contribution is 0.0137. The van der Waals surface area contributed by atoms with Gasteiger partial charge in [0.25, 0.3) is 10.1 Å². The first-order valence-electron chi connectivity index (χ1n) is 10.3. The van der Waals surface area contributed by atoms with Crippen molar-refractivity contribution in [3.63, 3.8) is 0 Å². The molecule has 0 saturated heterocycles. The fourth-order valence-corrected chi connectivity index (χ4v) is 3.65. The average Bonchev–Trinajstić information content (AvgIpc) is 2.53. The average molecular weight is 412 g/mol. The number of ether oxygens (including phenoxy) is 1. The van der Waals surface area contributed by atoms with Crippen LogP contribution in [-0.2, 0) is 14.9 Å². The number of aliphatic hydroxyl groups excluding tert-OH is 2. The molecule has 0 aromatic rings. The van der Waals surface area contributed by atoms with E-state index in [2.05, 4.69) is 6.92 Å². The second kappa shape index (κ2) is 16.7. The quantitative estimate of drug-likeness (QED) is 0.221. The minimum Gasteiger partial charge on any atom is -0.391 e. The van der Waals surface area contributed by atoms with Gasteiger partial charge in [-0.2, -0.15) is 8.42 Å². The molecule has 8 heteroatoms. The third-order valence-corrected chi connectivity index (χ3v) is 5.21. The van der Waals surface area contributed by atoms with Crippen LogP contribution in [0, 0.1) is 0 Å². The highest BCUT2D eigenvalue weighted by atomic mass is 32.2. The molecule has 0 heterocycles. The van der Waals surface area contributed by atoms with Gasteiger partial charge in [0.15, 0.2) is 0 Å². The zero-order chi connectivity index (χ0) is 20.5. The van der Waals surface area contributed by atoms with E-state index in [1.807, 2.05) is 0 Å². The molecule has 0 rings (SSSR count). The van der Waals surface area contributed by atoms with Gasteiger partial charge >= 0.3 is 0 Å². The van der Waals surface area contributed by atoms with E-state index < -0.39 is 28.1 Å². The van der Waals surface area contributed by atoms with Crippen LogP contribution in [0.1, 0.15) is 71.1 Å². The summed E-state index contributed by atoms with van der Waals surface area (Å²) in [5, 5.41) is 19.5. The molecule has 7 nitrogen and oxygen atoms in total. The molecule has 164 valence electrons. The van der Waals surface area contributed by atoms with E-state index in [9.17, 15) is 18.6 Å². The van der Waals surface area contributed by atoms with Crippen LogP contribution in [0.4, 0.5) is 0 Å². The van der Waals surface area contributed by atoms with E-state index in [-0.39, 0.29) is 19.7 Å². The Balaban J connectivity index is 3.49. The second-order valence-electron chi connectivity index (χ2n) is 7.53. The van der Waals surface area contributed by atoms with Gasteiger partial charge in [0.05, 0.1) is 18.8 Å². The Morgan fingerprint density at radius 1 is 0.852 bits per heavy atom. The Morgan fingerprint density at radius 3 is 1.85 bits per heavy atom. The minimum atomic E-state index is -4.20. The lowest BCUT2D eigenvalue weighted by atomic mass is 10.1. The summed E-state index contributed by atoms with van der Waals surface area (Å²) in [5.41, 5.74) is 0. The van der Waals surface area contributed by atoms with Crippen LogP contribution >= 0.6 is 0 Å². The van der Waals surface area contributed by atoms with Crippen LogP contribution in [0.25, 0.3) is 0 Å². The number of aliphatic hydroxyl groups is 2. The molecule has 2 unspecified atom stereocenters. The Bertz CT molecular complexity index is 432. The first-order chi connectivity index (χ1) is 12.7. The first-order valence-corrected chi connectivity index (χ1v) is 11.9. The molecule has 0 aromatic carbocycles. The van der Waals surface area contributed by atoms with Gasteiger partial charge in [0.2, 0.25) is 0 Å². The Labute approximate surface area is 165 Å². The monoisotopic (exact) mass is 411 g/mol. The maximum absolute atomic E-state index is 10.7. The number of nitrogens with zero attached hydrogens (tertiary/aromatic N) is 1. The fraction of sp³-hybridized carbons (Fsp3) is 1.00. The van der Waals surface area contributed by atoms with E-state index in [0.717, 1.165) is 12.8 Å². The smallest absolute Gasteiger partial charge is 0.267 e. The topological polar surface area (TPSA) is 107 Å². The molecule has 0 aromatic heterocycles. The van der Waals surface area contributed by atoms with Crippen LogP contribution in [0.2, 0.25) is 0 Å². The third kappa shape index (κ3) is 20.3. The molecular weight excluding hydrogens is 370 g/mol. The van der Waals surface area contributed by atoms with E-state index >= 15 is 0 Å². The van der Waals surface area contributed by atoms with Crippen LogP contribution in [0.5, 0.6) is 0 Å². The van der Waals surface area contributed by atoms with Crippen molar-refractivity contribution in [2.75, 3.05) is 39.1 Å². The molecule has 0 spiro atoms. The van der Waals surface area contributed by atoms with Gasteiger partial charge in [0.1, 0.15) is 5.75 Å². The van der Waals surface area contributed by atoms with Gasteiger partial charge in [-0.15, -0.1) is 0 Å². The number of hydrogen-bond donors (Lipinski definition) is 3. The van der Waals surface area contributed by atoms with Crippen molar-refractivity contribution in [1.82, 2.24) is 4.90 Å². The summed E-state index contributed by atoms with van der Waals surface area (Å²) in [4.78, 5) is 1.62. The number of rotatable bonds is 19. The summed E-state index contributed by atoms with van der Waals surface area (Å²) < 4.78 is 35.5. The summed E-state index contributed by atoms with van der Waals surface area (Å²) in [6, 6.07) is 0. The number of unbranched alkanes of at least 4 members (excludes halogenated alkanes) is 9. The highest BCUT2D eigenvalue weighted by Crippen LogP contribution is 2.10. The summed E-state index contributed by atoms with van der Waals surface area (Å²) in [5.74, 6) is -0.706. The van der Waals surface area contributed by atoms with E-state index in [0.29, 0.717) is 6.61 Å². The normalized spacial score (nSPS) is 14.6. The van der Waals surface area contributed by atoms with E-state index in [1.165, 1.54) is 51.4 Å². The molecular formula is C19H41NO6S. The molecule has 2 atom stereocenters. The van der Waals surface area contributed by atoms with E-state index in [1.54, 1.807) is 11.9 Å². The molecule has 0 aliphatic heterocycles. The Kier molecular flexibility index (Phi) is 16.5. The molecule has 0 radical (unpaired) electrons. The SMILES string of the molecule is CCCCCCCCCCCCOCC(O)CN(C)CC(O)CS(=O)(=O)O. The number of hydrogen-bond acceptors (Lipinski definition) is 6. The maximum Gasteiger partial charge on any atom is 0.267 e. The summed E-state index contributed by atoms with van der Waals surface area (Å²) in [7, 11) is -2.53. The van der Waals surface area contributed by atoms with Crippen molar-refractivity contribution in [2.24, 2.45) is 0 Å². The van der Waals surface area contributed by atoms with Gasteiger partial charge in [-0.25, -0.2) is 0 Å². The highest BCUT2D eigenvalue weighted by molar-refractivity contribution is 7.85. The molecule has 0 aliphatic carbocycles. The summed E-state index contributed by atoms with van der Waals surface area (Å²) in [6.45, 7) is 3.40. The van der Waals surface area contributed by atoms with Gasteiger partial charge in [-0.05, 0) is 13.5 Å². The van der Waals surface area contributed by atoms with Gasteiger partial charge in [0, 0.05) is 19.7 Å². The maximum atomic E-state index is 10.7. The molecule has 0 bridgehead atoms. The van der Waals surface area contributed by atoms with Gasteiger partial charge in [-0.3, -0.25) is 4.55 Å². The van der Waals surface area contributed by atoms with Crippen molar-refractivity contribution < 1.29 is 27.9 Å². The van der Waals surface area contributed by atoms with Crippen LogP contribution in [-0.4, -0.2) is 79.4 Å². The van der Waals surface area contributed by atoms with E-state index in [4.69, 9.17) is 9.29 Å². The Morgan fingerprint density at radius 2 is 1.33 bits per heavy atom. The molecule has 27 heavy (non-hydrogen) atoms. The number of likely N-dealkylation sites (N-methyl/N-ethyl adjacent to an activating group) is 1. The lowest BCUT2D eigenvalue weighted by Crippen LogP contribution is -2.39. The zero-order valence-electron chi connectivity index (χ0n) is 17.2. The summed E-state index contributed by atoms with van der Waals surface area (Å²) >= 11 is 0. The van der Waals surface area contributed by atoms with Crippen molar-refractivity contribution >= 4 is 10.1 Å². The zero-order valence-corrected chi connectivity index (χ0v) is 18.0. The van der Waals surface area contributed by atoms with Crippen molar-refractivity contribution in [2.45, 2.75) is 83.3 Å². The van der Waals surface area contributed by atoms with Crippen molar-refractivity contribution in [1.29, 1.82) is 0 Å². The standard InChI is InChI=1S/C19H41NO6S/c1-3-4-5-6-7-8-9-10-11-12-13-26-16-18(21)14-20(2)15-19(22)17-27(23,24)25/h18-19,21-22H,3-17H2,1-2H3,(H,23,24,25). The predicted molar refractivity (Wildman–Crippen MR) is 109 cm³/mol. The van der Waals surface area contributed by atoms with Gasteiger partial charge < -0.3 is 19.8 Å². The van der Waals surface area contributed by atoms with Crippen molar-refractivity contribution in [3.8, 4) is 0 Å². The van der Waals surface area contributed by atoms with Crippen molar-refractivity contribution in [3.05, 3.63) is 0 Å². The molecule has 3 N–H and O–H groups in total. The highest BCUT2D eigenvalue weighted by Gasteiger charge is 2.17. The van der Waals surface area contributed by atoms with Gasteiger partial charge in [-0.1, -0.05) is 64.7 Å². The van der Waals surface area contributed by atoms with Crippen LogP contribution in [0.15, 0.2) is 0 Å². The molecule has 0 fully saturated rings. The summed E-state index contributed by atoms with van der Waals surface area (Å²) in [6.07, 6.45) is 10.8. The predicted octanol–water partition coefficient (Wildman–Crippen LogP) is 2.47. The Hall–Kier alpha value is -0.250. The minimum absolute atomic E-state index is 0.0509. The van der Waals surface area contributed by atoms with Crippen LogP contribution < -0.4 is 0 Å². The lowest BCUT2D eigenvalue weighted by Gasteiger charge is -2.22. The largest absolute Gasteiger partial charge is 0.391 e. The molecule has 0 aliphatic rings. The molecule has 0 saturated carbocycles.